The summed E-state index contributed by atoms with van der Waals surface area (Å²) in [5, 5.41) is 17.4. The summed E-state index contributed by atoms with van der Waals surface area (Å²) in [5.74, 6) is 0.341. The third-order valence-corrected chi connectivity index (χ3v) is 6.57. The van der Waals surface area contributed by atoms with E-state index in [4.69, 9.17) is 35.6 Å². The van der Waals surface area contributed by atoms with Crippen LogP contribution in [0.1, 0.15) is 45.7 Å². The van der Waals surface area contributed by atoms with Crippen LogP contribution in [0.5, 0.6) is 23.0 Å². The first-order valence-corrected chi connectivity index (χ1v) is 11.3. The molecule has 3 aromatic carbocycles. The number of carbonyl (C=O) groups is 1. The zero-order valence-corrected chi connectivity index (χ0v) is 20.1. The van der Waals surface area contributed by atoms with Gasteiger partial charge in [0.05, 0.1) is 33.1 Å². The molecule has 0 amide bonds. The lowest BCUT2D eigenvalue weighted by Gasteiger charge is -2.39. The van der Waals surface area contributed by atoms with Crippen molar-refractivity contribution < 1.29 is 28.8 Å². The molecule has 35 heavy (non-hydrogen) atoms. The standard InChI is InChI=1S/C26H23ClN2O6/c1-32-20-10-6-8-15-19-13-18(14-7-4-5-9-17(14)27)28-29(19)25(35-23(15)20)16-11-12-21(33-2)24(34-3)22(16)26(30)31/h4-12,19,25H,13H2,1-3H3,(H,30,31)/t19-,25+/m1/s1. The highest BCUT2D eigenvalue weighted by Crippen LogP contribution is 2.52. The van der Waals surface area contributed by atoms with Crippen LogP contribution < -0.4 is 18.9 Å². The Hall–Kier alpha value is -3.91. The number of rotatable bonds is 6. The second-order valence-electron chi connectivity index (χ2n) is 8.05. The normalized spacial score (nSPS) is 18.2. The number of fused-ring (bicyclic) bond motifs is 3. The van der Waals surface area contributed by atoms with E-state index in [0.717, 1.165) is 16.8 Å². The third-order valence-electron chi connectivity index (χ3n) is 6.24. The van der Waals surface area contributed by atoms with Gasteiger partial charge in [0.25, 0.3) is 0 Å². The summed E-state index contributed by atoms with van der Waals surface area (Å²) in [6, 6.07) is 16.3. The van der Waals surface area contributed by atoms with Gasteiger partial charge in [-0.05, 0) is 24.3 Å². The van der Waals surface area contributed by atoms with Crippen molar-refractivity contribution in [1.82, 2.24) is 5.01 Å². The molecule has 3 aromatic rings. The maximum atomic E-state index is 12.4. The lowest BCUT2D eigenvalue weighted by molar-refractivity contribution is -0.0217. The molecule has 8 nitrogen and oxygen atoms in total. The van der Waals surface area contributed by atoms with E-state index >= 15 is 0 Å². The Morgan fingerprint density at radius 3 is 2.46 bits per heavy atom. The molecule has 0 aliphatic carbocycles. The lowest BCUT2D eigenvalue weighted by Crippen LogP contribution is -2.35. The van der Waals surface area contributed by atoms with Crippen LogP contribution in [0.4, 0.5) is 0 Å². The van der Waals surface area contributed by atoms with Gasteiger partial charge in [-0.15, -0.1) is 0 Å². The molecule has 0 bridgehead atoms. The topological polar surface area (TPSA) is 89.8 Å². The number of hydrogen-bond acceptors (Lipinski definition) is 7. The SMILES string of the molecule is COc1cccc2c1O[C@@H](c1ccc(OC)c(OC)c1C(=O)O)N1N=C(c3ccccc3Cl)C[C@H]21. The van der Waals surface area contributed by atoms with Crippen LogP contribution in [0.3, 0.4) is 0 Å². The van der Waals surface area contributed by atoms with Crippen molar-refractivity contribution in [3.8, 4) is 23.0 Å². The molecule has 0 fully saturated rings. The number of hydrogen-bond donors (Lipinski definition) is 1. The number of carboxylic acids is 1. The number of ether oxygens (including phenoxy) is 4. The number of carboxylic acid groups (broad SMARTS) is 1. The van der Waals surface area contributed by atoms with E-state index in [9.17, 15) is 9.90 Å². The quantitative estimate of drug-likeness (QED) is 0.497. The Labute approximate surface area is 207 Å². The summed E-state index contributed by atoms with van der Waals surface area (Å²) in [7, 11) is 4.43. The van der Waals surface area contributed by atoms with Gasteiger partial charge < -0.3 is 24.1 Å². The maximum absolute atomic E-state index is 12.4. The highest BCUT2D eigenvalue weighted by atomic mass is 35.5. The molecule has 180 valence electrons. The van der Waals surface area contributed by atoms with E-state index < -0.39 is 12.2 Å². The smallest absolute Gasteiger partial charge is 0.340 e. The van der Waals surface area contributed by atoms with Crippen molar-refractivity contribution in [1.29, 1.82) is 0 Å². The second kappa shape index (κ2) is 9.03. The zero-order valence-electron chi connectivity index (χ0n) is 19.3. The number of hydrazone groups is 1. The highest BCUT2D eigenvalue weighted by molar-refractivity contribution is 6.34. The fourth-order valence-electron chi connectivity index (χ4n) is 4.68. The summed E-state index contributed by atoms with van der Waals surface area (Å²) in [6.07, 6.45) is -0.311. The Balaban J connectivity index is 1.72. The number of aromatic carboxylic acids is 1. The fraction of sp³-hybridized carbons (Fsp3) is 0.231. The Bertz CT molecular complexity index is 1340. The van der Waals surface area contributed by atoms with Crippen LogP contribution in [0, 0.1) is 0 Å². The largest absolute Gasteiger partial charge is 0.493 e. The van der Waals surface area contributed by atoms with Gasteiger partial charge >= 0.3 is 5.97 Å². The zero-order chi connectivity index (χ0) is 24.7. The van der Waals surface area contributed by atoms with Gasteiger partial charge in [0, 0.05) is 28.1 Å². The van der Waals surface area contributed by atoms with Crippen LogP contribution in [0.2, 0.25) is 5.02 Å². The van der Waals surface area contributed by atoms with Gasteiger partial charge in [0.15, 0.2) is 23.0 Å². The fourth-order valence-corrected chi connectivity index (χ4v) is 4.92. The average molecular weight is 495 g/mol. The molecule has 0 saturated heterocycles. The molecule has 0 unspecified atom stereocenters. The average Bonchev–Trinajstić information content (AvgIpc) is 3.32. The molecule has 0 radical (unpaired) electrons. The number of benzene rings is 3. The summed E-state index contributed by atoms with van der Waals surface area (Å²) < 4.78 is 22.8. The summed E-state index contributed by atoms with van der Waals surface area (Å²) in [5.41, 5.74) is 2.81. The predicted octanol–water partition coefficient (Wildman–Crippen LogP) is 5.31. The minimum Gasteiger partial charge on any atom is -0.493 e. The summed E-state index contributed by atoms with van der Waals surface area (Å²) in [4.78, 5) is 12.4. The van der Waals surface area contributed by atoms with Gasteiger partial charge in [0.2, 0.25) is 6.23 Å². The molecule has 5 rings (SSSR count). The number of methoxy groups -OCH3 is 3. The third kappa shape index (κ3) is 3.70. The van der Waals surface area contributed by atoms with Crippen LogP contribution >= 0.6 is 11.6 Å². The lowest BCUT2D eigenvalue weighted by atomic mass is 9.94. The Morgan fingerprint density at radius 2 is 1.77 bits per heavy atom. The number of halogens is 1. The van der Waals surface area contributed by atoms with Gasteiger partial charge in [0.1, 0.15) is 5.56 Å². The molecule has 0 spiro atoms. The van der Waals surface area contributed by atoms with Gasteiger partial charge in [-0.1, -0.05) is 41.9 Å². The highest BCUT2D eigenvalue weighted by Gasteiger charge is 2.44. The van der Waals surface area contributed by atoms with E-state index in [1.54, 1.807) is 24.3 Å². The molecule has 2 aliphatic heterocycles. The first kappa shape index (κ1) is 22.9. The molecule has 2 heterocycles. The van der Waals surface area contributed by atoms with E-state index in [0.29, 0.717) is 34.3 Å². The van der Waals surface area contributed by atoms with Crippen LogP contribution in [-0.2, 0) is 0 Å². The van der Waals surface area contributed by atoms with E-state index in [2.05, 4.69) is 0 Å². The minimum absolute atomic E-state index is 0.0599. The molecule has 0 saturated carbocycles. The maximum Gasteiger partial charge on any atom is 0.340 e. The Morgan fingerprint density at radius 1 is 1.00 bits per heavy atom. The number of nitrogens with zero attached hydrogens (tertiary/aromatic N) is 2. The Kier molecular flexibility index (Phi) is 5.90. The molecular weight excluding hydrogens is 472 g/mol. The molecule has 1 N–H and O–H groups in total. The first-order chi connectivity index (χ1) is 17.0. The molecular formula is C26H23ClN2O6. The van der Waals surface area contributed by atoms with E-state index in [-0.39, 0.29) is 17.4 Å². The molecule has 0 aromatic heterocycles. The number of para-hydroxylation sites is 1. The molecule has 2 atom stereocenters. The summed E-state index contributed by atoms with van der Waals surface area (Å²) in [6.45, 7) is 0. The second-order valence-corrected chi connectivity index (χ2v) is 8.45. The van der Waals surface area contributed by atoms with Crippen molar-refractivity contribution in [2.24, 2.45) is 5.10 Å². The van der Waals surface area contributed by atoms with Crippen molar-refractivity contribution >= 4 is 23.3 Å². The van der Waals surface area contributed by atoms with Gasteiger partial charge in [-0.3, -0.25) is 0 Å². The monoisotopic (exact) mass is 494 g/mol. The van der Waals surface area contributed by atoms with Crippen LogP contribution in [-0.4, -0.2) is 43.1 Å². The van der Waals surface area contributed by atoms with Crippen molar-refractivity contribution in [2.45, 2.75) is 18.7 Å². The van der Waals surface area contributed by atoms with Crippen LogP contribution in [0.25, 0.3) is 0 Å². The molecule has 9 heteroatoms. The van der Waals surface area contributed by atoms with Crippen LogP contribution in [0.15, 0.2) is 59.7 Å². The minimum atomic E-state index is -1.17. The van der Waals surface area contributed by atoms with Gasteiger partial charge in [-0.25, -0.2) is 9.80 Å². The van der Waals surface area contributed by atoms with Gasteiger partial charge in [-0.2, -0.15) is 5.10 Å². The van der Waals surface area contributed by atoms with E-state index in [1.165, 1.54) is 14.2 Å². The summed E-state index contributed by atoms with van der Waals surface area (Å²) >= 11 is 6.48. The van der Waals surface area contributed by atoms with Crippen molar-refractivity contribution in [2.75, 3.05) is 21.3 Å². The van der Waals surface area contributed by atoms with Crippen molar-refractivity contribution in [3.05, 3.63) is 81.9 Å². The molecule has 2 aliphatic rings. The van der Waals surface area contributed by atoms with E-state index in [1.807, 2.05) is 42.5 Å². The van der Waals surface area contributed by atoms with Crippen molar-refractivity contribution in [3.63, 3.8) is 0 Å². The predicted molar refractivity (Wildman–Crippen MR) is 130 cm³/mol. The first-order valence-electron chi connectivity index (χ1n) is 10.9.